The Morgan fingerprint density at radius 2 is 1.55 bits per heavy atom. The number of nitrogen functional groups attached to an aromatic ring is 1. The lowest BCUT2D eigenvalue weighted by Gasteiger charge is -2.32. The van der Waals surface area contributed by atoms with Crippen LogP contribution in [0.5, 0.6) is 11.5 Å². The van der Waals surface area contributed by atoms with E-state index in [0.717, 1.165) is 5.46 Å². The molecular weight excluding hydrogens is 257 g/mol. The molecule has 0 saturated carbocycles. The number of nitrogens with two attached hydrogens (primary N) is 1. The predicted molar refractivity (Wildman–Crippen MR) is 79.7 cm³/mol. The molecule has 1 fully saturated rings. The molecule has 0 radical (unpaired) electrons. The van der Waals surface area contributed by atoms with Crippen LogP contribution in [0.1, 0.15) is 27.7 Å². The summed E-state index contributed by atoms with van der Waals surface area (Å²) in [5.74, 6) is 1.09. The second kappa shape index (κ2) is 4.86. The van der Waals surface area contributed by atoms with Crippen LogP contribution in [0, 0.1) is 0 Å². The summed E-state index contributed by atoms with van der Waals surface area (Å²) in [4.78, 5) is 0. The summed E-state index contributed by atoms with van der Waals surface area (Å²) >= 11 is 0. The molecule has 0 amide bonds. The molecule has 1 aromatic rings. The highest BCUT2D eigenvalue weighted by Gasteiger charge is 2.51. The second-order valence-electron chi connectivity index (χ2n) is 5.93. The average molecular weight is 279 g/mol. The van der Waals surface area contributed by atoms with Gasteiger partial charge < -0.3 is 24.5 Å². The zero-order chi connectivity index (χ0) is 15.1. The Morgan fingerprint density at radius 3 is 2.00 bits per heavy atom. The van der Waals surface area contributed by atoms with Gasteiger partial charge in [-0.15, -0.1) is 0 Å². The summed E-state index contributed by atoms with van der Waals surface area (Å²) in [6.07, 6.45) is 0. The lowest BCUT2D eigenvalue weighted by molar-refractivity contribution is 0.00578. The number of benzene rings is 1. The van der Waals surface area contributed by atoms with Gasteiger partial charge in [0.15, 0.2) is 11.5 Å². The molecule has 2 rings (SSSR count). The second-order valence-corrected chi connectivity index (χ2v) is 5.93. The van der Waals surface area contributed by atoms with Crippen molar-refractivity contribution in [2.24, 2.45) is 0 Å². The predicted octanol–water partition coefficient (Wildman–Crippen LogP) is 1.59. The van der Waals surface area contributed by atoms with E-state index in [1.54, 1.807) is 20.3 Å². The van der Waals surface area contributed by atoms with Gasteiger partial charge in [0.1, 0.15) is 0 Å². The SMILES string of the molecule is COc1cc(B2OC(C)(C)C(C)(C)O2)cc(N)c1OC. The van der Waals surface area contributed by atoms with Gasteiger partial charge in [0.25, 0.3) is 0 Å². The van der Waals surface area contributed by atoms with Gasteiger partial charge in [0.05, 0.1) is 31.1 Å². The van der Waals surface area contributed by atoms with Gasteiger partial charge in [-0.2, -0.15) is 0 Å². The number of hydrogen-bond acceptors (Lipinski definition) is 5. The summed E-state index contributed by atoms with van der Waals surface area (Å²) in [5, 5.41) is 0. The van der Waals surface area contributed by atoms with Crippen molar-refractivity contribution in [2.45, 2.75) is 38.9 Å². The third-order valence-electron chi connectivity index (χ3n) is 4.06. The Morgan fingerprint density at radius 1 is 1.00 bits per heavy atom. The monoisotopic (exact) mass is 279 g/mol. The third-order valence-corrected chi connectivity index (χ3v) is 4.06. The van der Waals surface area contributed by atoms with Crippen molar-refractivity contribution < 1.29 is 18.8 Å². The maximum Gasteiger partial charge on any atom is 0.495 e. The van der Waals surface area contributed by atoms with Crippen LogP contribution in [0.25, 0.3) is 0 Å². The molecule has 5 nitrogen and oxygen atoms in total. The van der Waals surface area contributed by atoms with Crippen molar-refractivity contribution in [3.63, 3.8) is 0 Å². The van der Waals surface area contributed by atoms with E-state index in [0.29, 0.717) is 17.2 Å². The highest BCUT2D eigenvalue weighted by Crippen LogP contribution is 2.38. The molecule has 1 aliphatic rings. The molecule has 1 heterocycles. The van der Waals surface area contributed by atoms with E-state index in [4.69, 9.17) is 24.5 Å². The van der Waals surface area contributed by atoms with Crippen LogP contribution in [0.3, 0.4) is 0 Å². The number of anilines is 1. The van der Waals surface area contributed by atoms with Crippen LogP contribution in [0.4, 0.5) is 5.69 Å². The Bertz CT molecular complexity index is 500. The molecule has 1 aliphatic heterocycles. The fraction of sp³-hybridized carbons (Fsp3) is 0.571. The number of hydrogen-bond donors (Lipinski definition) is 1. The largest absolute Gasteiger partial charge is 0.495 e. The first-order chi connectivity index (χ1) is 9.21. The Kier molecular flexibility index (Phi) is 3.65. The van der Waals surface area contributed by atoms with E-state index in [2.05, 4.69) is 0 Å². The lowest BCUT2D eigenvalue weighted by atomic mass is 9.78. The molecule has 1 aromatic carbocycles. The molecule has 6 heteroatoms. The molecule has 2 N–H and O–H groups in total. The minimum absolute atomic E-state index is 0.389. The lowest BCUT2D eigenvalue weighted by Crippen LogP contribution is -2.41. The van der Waals surface area contributed by atoms with Crippen LogP contribution < -0.4 is 20.7 Å². The molecule has 0 atom stereocenters. The van der Waals surface area contributed by atoms with Gasteiger partial charge in [-0.25, -0.2) is 0 Å². The first-order valence-electron chi connectivity index (χ1n) is 6.59. The Labute approximate surface area is 120 Å². The van der Waals surface area contributed by atoms with Crippen LogP contribution in [0.2, 0.25) is 0 Å². The van der Waals surface area contributed by atoms with Crippen molar-refractivity contribution in [3.05, 3.63) is 12.1 Å². The molecule has 0 unspecified atom stereocenters. The van der Waals surface area contributed by atoms with Crippen molar-refractivity contribution in [1.82, 2.24) is 0 Å². The van der Waals surface area contributed by atoms with Crippen LogP contribution in [-0.2, 0) is 9.31 Å². The quantitative estimate of drug-likeness (QED) is 0.672. The highest BCUT2D eigenvalue weighted by atomic mass is 16.7. The summed E-state index contributed by atoms with van der Waals surface area (Å²) in [6.45, 7) is 8.04. The van der Waals surface area contributed by atoms with Crippen molar-refractivity contribution in [3.8, 4) is 11.5 Å². The van der Waals surface area contributed by atoms with E-state index in [1.807, 2.05) is 33.8 Å². The van der Waals surface area contributed by atoms with E-state index >= 15 is 0 Å². The average Bonchev–Trinajstić information content (AvgIpc) is 2.57. The first kappa shape index (κ1) is 15.0. The highest BCUT2D eigenvalue weighted by molar-refractivity contribution is 6.62. The van der Waals surface area contributed by atoms with Crippen molar-refractivity contribution in [2.75, 3.05) is 20.0 Å². The summed E-state index contributed by atoms with van der Waals surface area (Å²) in [5.41, 5.74) is 6.53. The Hall–Kier alpha value is -1.40. The number of rotatable bonds is 3. The van der Waals surface area contributed by atoms with Crippen molar-refractivity contribution >= 4 is 18.3 Å². The molecular formula is C14H22BNO4. The Balaban J connectivity index is 2.38. The minimum Gasteiger partial charge on any atom is -0.493 e. The maximum atomic E-state index is 6.00. The normalized spacial score (nSPS) is 20.0. The van der Waals surface area contributed by atoms with Crippen molar-refractivity contribution in [1.29, 1.82) is 0 Å². The fourth-order valence-electron chi connectivity index (χ4n) is 2.13. The van der Waals surface area contributed by atoms with Gasteiger partial charge in [0.2, 0.25) is 0 Å². The molecule has 0 bridgehead atoms. The van der Waals surface area contributed by atoms with Crippen LogP contribution in [0.15, 0.2) is 12.1 Å². The minimum atomic E-state index is -0.470. The smallest absolute Gasteiger partial charge is 0.493 e. The van der Waals surface area contributed by atoms with Gasteiger partial charge in [-0.3, -0.25) is 0 Å². The van der Waals surface area contributed by atoms with Crippen LogP contribution >= 0.6 is 0 Å². The van der Waals surface area contributed by atoms with Gasteiger partial charge in [0, 0.05) is 0 Å². The summed E-state index contributed by atoms with van der Waals surface area (Å²) < 4.78 is 22.5. The van der Waals surface area contributed by atoms with E-state index < -0.39 is 7.12 Å². The number of ether oxygens (including phenoxy) is 2. The first-order valence-corrected chi connectivity index (χ1v) is 6.59. The molecule has 0 aliphatic carbocycles. The zero-order valence-corrected chi connectivity index (χ0v) is 12.9. The molecule has 110 valence electrons. The van der Waals surface area contributed by atoms with Gasteiger partial charge in [-0.05, 0) is 45.3 Å². The maximum absolute atomic E-state index is 6.00. The summed E-state index contributed by atoms with van der Waals surface area (Å²) in [7, 11) is 2.66. The molecule has 0 spiro atoms. The molecule has 0 aromatic heterocycles. The van der Waals surface area contributed by atoms with Gasteiger partial charge >= 0.3 is 7.12 Å². The van der Waals surface area contributed by atoms with Gasteiger partial charge in [-0.1, -0.05) is 0 Å². The van der Waals surface area contributed by atoms with Crippen LogP contribution in [-0.4, -0.2) is 32.5 Å². The van der Waals surface area contributed by atoms with E-state index in [1.165, 1.54) is 0 Å². The fourth-order valence-corrected chi connectivity index (χ4v) is 2.13. The zero-order valence-electron chi connectivity index (χ0n) is 12.9. The third kappa shape index (κ3) is 2.34. The summed E-state index contributed by atoms with van der Waals surface area (Å²) in [6, 6.07) is 3.63. The molecule has 20 heavy (non-hydrogen) atoms. The standard InChI is InChI=1S/C14H22BNO4/c1-13(2)14(3,4)20-15(19-13)9-7-10(16)12(18-6)11(8-9)17-5/h7-8H,16H2,1-6H3. The van der Waals surface area contributed by atoms with E-state index in [-0.39, 0.29) is 11.2 Å². The molecule has 1 saturated heterocycles. The topological polar surface area (TPSA) is 62.9 Å². The van der Waals surface area contributed by atoms with E-state index in [9.17, 15) is 0 Å². The number of methoxy groups -OCH3 is 2.